The highest BCUT2D eigenvalue weighted by Gasteiger charge is 2.64. The van der Waals surface area contributed by atoms with Crippen molar-refractivity contribution in [2.45, 2.75) is 43.1 Å². The Labute approximate surface area is 320 Å². The quantitative estimate of drug-likeness (QED) is 0.173. The van der Waals surface area contributed by atoms with Gasteiger partial charge in [-0.3, -0.25) is 4.79 Å². The minimum absolute atomic E-state index is 0.0918. The zero-order chi connectivity index (χ0) is 36.9. The van der Waals surface area contributed by atoms with Crippen molar-refractivity contribution in [2.24, 2.45) is 5.92 Å². The maximum Gasteiger partial charge on any atom is 0.169 e. The van der Waals surface area contributed by atoms with E-state index in [4.69, 9.17) is 23.2 Å². The molecule has 0 amide bonds. The molecule has 0 aromatic heterocycles. The number of halogens is 2. The van der Waals surface area contributed by atoms with Crippen molar-refractivity contribution in [3.8, 4) is 6.07 Å². The topological polar surface area (TPSA) is 61.1 Å². The van der Waals surface area contributed by atoms with E-state index in [0.717, 1.165) is 43.8 Å². The molecule has 1 N–H and O–H groups in total. The summed E-state index contributed by atoms with van der Waals surface area (Å²) < 4.78 is 0. The summed E-state index contributed by atoms with van der Waals surface area (Å²) in [6, 6.07) is 52.0. The Morgan fingerprint density at radius 2 is 1.19 bits per heavy atom. The van der Waals surface area contributed by atoms with E-state index >= 15 is 4.79 Å². The van der Waals surface area contributed by atoms with E-state index in [-0.39, 0.29) is 12.2 Å². The van der Waals surface area contributed by atoms with Gasteiger partial charge < -0.3 is 5.11 Å². The first-order valence-electron chi connectivity index (χ1n) is 17.9. The van der Waals surface area contributed by atoms with E-state index in [1.54, 1.807) is 12.1 Å². The van der Waals surface area contributed by atoms with Gasteiger partial charge in [-0.05, 0) is 88.3 Å². The Morgan fingerprint density at radius 1 is 0.642 bits per heavy atom. The minimum Gasteiger partial charge on any atom is -0.384 e. The van der Waals surface area contributed by atoms with E-state index < -0.39 is 28.8 Å². The van der Waals surface area contributed by atoms with Crippen molar-refractivity contribution in [3.63, 3.8) is 0 Å². The number of carbonyl (C=O) groups excluding carboxylic acids is 1. The first-order chi connectivity index (χ1) is 25.6. The first kappa shape index (κ1) is 34.8. The zero-order valence-electron chi connectivity index (χ0n) is 29.4. The van der Waals surface area contributed by atoms with Gasteiger partial charge in [0.05, 0.1) is 27.4 Å². The van der Waals surface area contributed by atoms with Crippen molar-refractivity contribution >= 4 is 50.5 Å². The average molecular weight is 731 g/mol. The van der Waals surface area contributed by atoms with Crippen molar-refractivity contribution < 1.29 is 9.90 Å². The lowest BCUT2D eigenvalue weighted by Gasteiger charge is -2.56. The van der Waals surface area contributed by atoms with Gasteiger partial charge in [0.25, 0.3) is 0 Å². The lowest BCUT2D eigenvalue weighted by molar-refractivity contribution is -0.0737. The summed E-state index contributed by atoms with van der Waals surface area (Å²) in [6.07, 6.45) is 0.0918. The molecule has 8 rings (SSSR count). The van der Waals surface area contributed by atoms with Crippen LogP contribution in [0.2, 0.25) is 10.0 Å². The molecule has 1 aliphatic rings. The lowest BCUT2D eigenvalue weighted by atomic mass is 9.46. The highest BCUT2D eigenvalue weighted by molar-refractivity contribution is 6.42. The number of nitrogens with zero attached hydrogens (tertiary/aromatic N) is 1. The molecule has 5 atom stereocenters. The van der Waals surface area contributed by atoms with Crippen LogP contribution in [0.15, 0.2) is 152 Å². The number of hydrogen-bond acceptors (Lipinski definition) is 3. The molecule has 260 valence electrons. The van der Waals surface area contributed by atoms with E-state index in [1.165, 1.54) is 0 Å². The number of nitriles is 1. The SMILES string of the molecule is Cc1ccc([C@@H]2C[C@](O)(c3ccc4ccccc4c3)[C@@H](C(=O)c3ccc4ccccc4c3)[C@H](c3ccc(C)cc3)[C@@]2(C#N)c2ccc(Cl)c(Cl)c2)cc1. The van der Waals surface area contributed by atoms with E-state index in [1.807, 2.05) is 153 Å². The maximum absolute atomic E-state index is 15.7. The van der Waals surface area contributed by atoms with Crippen LogP contribution in [0.5, 0.6) is 0 Å². The van der Waals surface area contributed by atoms with Crippen molar-refractivity contribution in [3.05, 3.63) is 201 Å². The molecule has 0 heterocycles. The van der Waals surface area contributed by atoms with Crippen LogP contribution in [0.3, 0.4) is 0 Å². The molecular weight excluding hydrogens is 693 g/mol. The van der Waals surface area contributed by atoms with E-state index in [2.05, 4.69) is 6.07 Å². The Morgan fingerprint density at radius 3 is 1.79 bits per heavy atom. The highest BCUT2D eigenvalue weighted by Crippen LogP contribution is 2.64. The molecule has 1 aliphatic carbocycles. The van der Waals surface area contributed by atoms with Crippen molar-refractivity contribution in [1.82, 2.24) is 0 Å². The highest BCUT2D eigenvalue weighted by atomic mass is 35.5. The molecule has 0 spiro atoms. The van der Waals surface area contributed by atoms with Gasteiger partial charge in [-0.2, -0.15) is 5.26 Å². The van der Waals surface area contributed by atoms with Crippen LogP contribution in [-0.2, 0) is 11.0 Å². The third-order valence-electron chi connectivity index (χ3n) is 11.5. The van der Waals surface area contributed by atoms with Crippen molar-refractivity contribution in [2.75, 3.05) is 0 Å². The van der Waals surface area contributed by atoms with Crippen LogP contribution < -0.4 is 0 Å². The fourth-order valence-electron chi connectivity index (χ4n) is 8.76. The molecule has 0 saturated heterocycles. The van der Waals surface area contributed by atoms with Gasteiger partial charge in [-0.1, -0.05) is 162 Å². The van der Waals surface area contributed by atoms with Gasteiger partial charge in [0.2, 0.25) is 0 Å². The Bertz CT molecular complexity index is 2560. The molecule has 53 heavy (non-hydrogen) atoms. The van der Waals surface area contributed by atoms with Gasteiger partial charge in [0, 0.05) is 17.4 Å². The Balaban J connectivity index is 1.49. The zero-order valence-corrected chi connectivity index (χ0v) is 30.9. The predicted molar refractivity (Wildman–Crippen MR) is 216 cm³/mol. The number of aliphatic hydroxyl groups is 1. The largest absolute Gasteiger partial charge is 0.384 e. The van der Waals surface area contributed by atoms with Gasteiger partial charge in [0.15, 0.2) is 5.78 Å². The molecular formula is C48H37Cl2NO2. The number of aryl methyl sites for hydroxylation is 2. The fraction of sp³-hybridized carbons (Fsp3) is 0.167. The molecule has 1 saturated carbocycles. The van der Waals surface area contributed by atoms with E-state index in [9.17, 15) is 10.4 Å². The number of rotatable bonds is 6. The maximum atomic E-state index is 15.7. The van der Waals surface area contributed by atoms with Crippen molar-refractivity contribution in [1.29, 1.82) is 5.26 Å². The van der Waals surface area contributed by atoms with Gasteiger partial charge >= 0.3 is 0 Å². The number of fused-ring (bicyclic) bond motifs is 2. The summed E-state index contributed by atoms with van der Waals surface area (Å²) in [5.41, 5.74) is 2.43. The third kappa shape index (κ3) is 5.92. The second-order valence-electron chi connectivity index (χ2n) is 14.6. The van der Waals surface area contributed by atoms with Gasteiger partial charge in [0.1, 0.15) is 5.60 Å². The van der Waals surface area contributed by atoms with Crippen LogP contribution in [0.4, 0.5) is 0 Å². The third-order valence-corrected chi connectivity index (χ3v) is 12.2. The summed E-state index contributed by atoms with van der Waals surface area (Å²) in [5, 5.41) is 30.3. The van der Waals surface area contributed by atoms with Crippen LogP contribution in [0.1, 0.15) is 62.0 Å². The average Bonchev–Trinajstić information content (AvgIpc) is 3.18. The minimum atomic E-state index is -1.71. The fourth-order valence-corrected chi connectivity index (χ4v) is 9.05. The summed E-state index contributed by atoms with van der Waals surface area (Å²) >= 11 is 13.3. The smallest absolute Gasteiger partial charge is 0.169 e. The number of carbonyl (C=O) groups is 1. The molecule has 5 heteroatoms. The number of Topliss-reactive ketones (excluding diaryl/α,β-unsaturated/α-hetero) is 1. The molecule has 0 unspecified atom stereocenters. The molecule has 7 aromatic carbocycles. The Hall–Kier alpha value is -5.24. The van der Waals surface area contributed by atoms with Crippen LogP contribution in [0, 0.1) is 31.1 Å². The summed E-state index contributed by atoms with van der Waals surface area (Å²) in [7, 11) is 0. The monoisotopic (exact) mass is 729 g/mol. The summed E-state index contributed by atoms with van der Waals surface area (Å²) in [4.78, 5) is 15.7. The lowest BCUT2D eigenvalue weighted by Crippen LogP contribution is -2.58. The van der Waals surface area contributed by atoms with Crippen LogP contribution >= 0.6 is 23.2 Å². The number of hydrogen-bond donors (Lipinski definition) is 1. The van der Waals surface area contributed by atoms with Gasteiger partial charge in [-0.15, -0.1) is 0 Å². The first-order valence-corrected chi connectivity index (χ1v) is 18.6. The second-order valence-corrected chi connectivity index (χ2v) is 15.4. The summed E-state index contributed by atoms with van der Waals surface area (Å²) in [5.74, 6) is -2.74. The molecule has 0 radical (unpaired) electrons. The van der Waals surface area contributed by atoms with Crippen LogP contribution in [-0.4, -0.2) is 10.9 Å². The standard InChI is InChI=1S/C48H37Cl2NO2/c1-30-11-15-34(16-12-30)41-28-48(53,40-22-21-33-8-4-6-10-37(33)26-40)45(46(52)38-20-19-32-7-3-5-9-36(32)25-38)44(35-17-13-31(2)14-18-35)47(41,29-51)39-23-24-42(49)43(50)27-39/h3-27,41,44-45,53H,28H2,1-2H3/t41-,44-,45+,47-,48-/m0/s1. The molecule has 0 bridgehead atoms. The molecule has 7 aromatic rings. The normalized spacial score (nSPS) is 22.8. The van der Waals surface area contributed by atoms with Gasteiger partial charge in [-0.25, -0.2) is 0 Å². The number of ketones is 1. The second kappa shape index (κ2) is 13.6. The molecule has 3 nitrogen and oxygen atoms in total. The Kier molecular flexibility index (Phi) is 8.96. The van der Waals surface area contributed by atoms with Crippen LogP contribution in [0.25, 0.3) is 21.5 Å². The number of benzene rings is 7. The summed E-state index contributed by atoms with van der Waals surface area (Å²) in [6.45, 7) is 4.04. The van der Waals surface area contributed by atoms with E-state index in [0.29, 0.717) is 26.7 Å². The predicted octanol–water partition coefficient (Wildman–Crippen LogP) is 12.0. The molecule has 1 fully saturated rings. The molecule has 0 aliphatic heterocycles.